The van der Waals surface area contributed by atoms with Crippen LogP contribution < -0.4 is 10.6 Å². The van der Waals surface area contributed by atoms with Gasteiger partial charge in [0.25, 0.3) is 5.91 Å². The largest absolute Gasteiger partial charge is 0.350 e. The highest BCUT2D eigenvalue weighted by molar-refractivity contribution is 5.94. The minimum absolute atomic E-state index is 0.0753. The van der Waals surface area contributed by atoms with Gasteiger partial charge in [0.2, 0.25) is 5.91 Å². The second-order valence-electron chi connectivity index (χ2n) is 7.76. The van der Waals surface area contributed by atoms with Crippen LogP contribution in [0.2, 0.25) is 0 Å². The fourth-order valence-corrected chi connectivity index (χ4v) is 2.99. The third-order valence-electron chi connectivity index (χ3n) is 4.87. The zero-order chi connectivity index (χ0) is 21.5. The molecule has 2 aromatic carbocycles. The molecule has 0 saturated heterocycles. The van der Waals surface area contributed by atoms with Crippen molar-refractivity contribution in [3.63, 3.8) is 0 Å². The van der Waals surface area contributed by atoms with E-state index in [2.05, 4.69) is 27.8 Å². The molecule has 6 heteroatoms. The van der Waals surface area contributed by atoms with Gasteiger partial charge >= 0.3 is 0 Å². The summed E-state index contributed by atoms with van der Waals surface area (Å²) in [5.74, 6) is 0.233. The lowest BCUT2D eigenvalue weighted by molar-refractivity contribution is -0.118. The number of aromatic nitrogens is 2. The maximum absolute atomic E-state index is 12.5. The molecule has 3 rings (SSSR count). The van der Waals surface area contributed by atoms with Gasteiger partial charge in [-0.1, -0.05) is 44.2 Å². The molecule has 1 aromatic heterocycles. The lowest BCUT2D eigenvalue weighted by Crippen LogP contribution is -2.32. The summed E-state index contributed by atoms with van der Waals surface area (Å²) in [7, 11) is 0. The number of carbonyl (C=O) groups is 2. The summed E-state index contributed by atoms with van der Waals surface area (Å²) in [4.78, 5) is 28.5. The van der Waals surface area contributed by atoms with Crippen molar-refractivity contribution in [1.82, 2.24) is 14.9 Å². The van der Waals surface area contributed by atoms with Crippen molar-refractivity contribution in [3.05, 3.63) is 78.2 Å². The topological polar surface area (TPSA) is 76.0 Å². The zero-order valence-electron chi connectivity index (χ0n) is 17.6. The van der Waals surface area contributed by atoms with E-state index in [1.165, 1.54) is 5.56 Å². The smallest absolute Gasteiger partial charge is 0.251 e. The van der Waals surface area contributed by atoms with E-state index in [0.29, 0.717) is 11.4 Å². The van der Waals surface area contributed by atoms with Crippen LogP contribution in [0.15, 0.2) is 67.1 Å². The summed E-state index contributed by atoms with van der Waals surface area (Å²) < 4.78 is 1.81. The van der Waals surface area contributed by atoms with Crippen LogP contribution >= 0.6 is 0 Å². The minimum Gasteiger partial charge on any atom is -0.350 e. The van der Waals surface area contributed by atoms with Gasteiger partial charge in [0, 0.05) is 23.2 Å². The zero-order valence-corrected chi connectivity index (χ0v) is 17.6. The summed E-state index contributed by atoms with van der Waals surface area (Å²) in [5.41, 5.74) is 2.74. The fraction of sp³-hybridized carbons (Fsp3) is 0.292. The highest BCUT2D eigenvalue weighted by atomic mass is 16.2. The minimum atomic E-state index is -0.108. The summed E-state index contributed by atoms with van der Waals surface area (Å²) >= 11 is 0. The molecule has 156 valence electrons. The Bertz CT molecular complexity index is 978. The Labute approximate surface area is 177 Å². The predicted molar refractivity (Wildman–Crippen MR) is 119 cm³/mol. The van der Waals surface area contributed by atoms with Crippen molar-refractivity contribution >= 4 is 17.6 Å². The molecule has 3 aromatic rings. The van der Waals surface area contributed by atoms with Crippen molar-refractivity contribution in [2.45, 2.75) is 39.7 Å². The quantitative estimate of drug-likeness (QED) is 0.590. The lowest BCUT2D eigenvalue weighted by Gasteiger charge is -2.14. The molecule has 6 nitrogen and oxygen atoms in total. The number of hydrogen-bond acceptors (Lipinski definition) is 3. The van der Waals surface area contributed by atoms with Crippen molar-refractivity contribution in [2.24, 2.45) is 5.92 Å². The first kappa shape index (κ1) is 21.3. The molecule has 0 aliphatic carbocycles. The Morgan fingerprint density at radius 3 is 2.37 bits per heavy atom. The summed E-state index contributed by atoms with van der Waals surface area (Å²) in [6.07, 6.45) is 5.20. The van der Waals surface area contributed by atoms with Crippen LogP contribution in [0.5, 0.6) is 0 Å². The van der Waals surface area contributed by atoms with E-state index in [1.807, 2.05) is 51.1 Å². The Hall–Kier alpha value is -3.41. The van der Waals surface area contributed by atoms with Crippen LogP contribution in [0.4, 0.5) is 5.82 Å². The fourth-order valence-electron chi connectivity index (χ4n) is 2.99. The SMILES string of the molecule is CC(CCc1ccccc1)NC(=O)c1ccc(-n2cnc(NC(=O)C(C)C)c2)cc1. The molecule has 0 spiro atoms. The first-order valence-electron chi connectivity index (χ1n) is 10.2. The van der Waals surface area contributed by atoms with Gasteiger partial charge in [-0.15, -0.1) is 0 Å². The number of imidazole rings is 1. The lowest BCUT2D eigenvalue weighted by atomic mass is 10.1. The summed E-state index contributed by atoms with van der Waals surface area (Å²) in [5, 5.41) is 5.83. The number of carbonyl (C=O) groups excluding carboxylic acids is 2. The molecule has 1 heterocycles. The van der Waals surface area contributed by atoms with Crippen LogP contribution in [0, 0.1) is 5.92 Å². The van der Waals surface area contributed by atoms with Crippen LogP contribution in [0.3, 0.4) is 0 Å². The molecule has 30 heavy (non-hydrogen) atoms. The average molecular weight is 405 g/mol. The maximum Gasteiger partial charge on any atom is 0.251 e. The first-order valence-corrected chi connectivity index (χ1v) is 10.2. The summed E-state index contributed by atoms with van der Waals surface area (Å²) in [6.45, 7) is 5.69. The summed E-state index contributed by atoms with van der Waals surface area (Å²) in [6, 6.07) is 17.7. The second-order valence-corrected chi connectivity index (χ2v) is 7.76. The van der Waals surface area contributed by atoms with Crippen molar-refractivity contribution in [1.29, 1.82) is 0 Å². The first-order chi connectivity index (χ1) is 14.4. The number of nitrogens with zero attached hydrogens (tertiary/aromatic N) is 2. The van der Waals surface area contributed by atoms with Gasteiger partial charge in [-0.3, -0.25) is 9.59 Å². The molecule has 2 amide bonds. The van der Waals surface area contributed by atoms with E-state index in [4.69, 9.17) is 0 Å². The third-order valence-corrected chi connectivity index (χ3v) is 4.87. The number of aryl methyl sites for hydroxylation is 1. The molecular weight excluding hydrogens is 376 g/mol. The monoisotopic (exact) mass is 404 g/mol. The number of anilines is 1. The van der Waals surface area contributed by atoms with Crippen LogP contribution in [-0.2, 0) is 11.2 Å². The molecule has 2 N–H and O–H groups in total. The number of amides is 2. The number of hydrogen-bond donors (Lipinski definition) is 2. The van der Waals surface area contributed by atoms with Gasteiger partial charge in [0.05, 0.1) is 6.20 Å². The van der Waals surface area contributed by atoms with E-state index in [9.17, 15) is 9.59 Å². The molecule has 0 fully saturated rings. The predicted octanol–water partition coefficient (Wildman–Crippen LogP) is 4.22. The van der Waals surface area contributed by atoms with E-state index < -0.39 is 0 Å². The van der Waals surface area contributed by atoms with Gasteiger partial charge < -0.3 is 15.2 Å². The van der Waals surface area contributed by atoms with Crippen LogP contribution in [-0.4, -0.2) is 27.4 Å². The van der Waals surface area contributed by atoms with Gasteiger partial charge in [-0.2, -0.15) is 0 Å². The van der Waals surface area contributed by atoms with Gasteiger partial charge in [0.15, 0.2) is 5.82 Å². The Kier molecular flexibility index (Phi) is 7.01. The van der Waals surface area contributed by atoms with E-state index in [1.54, 1.807) is 29.2 Å². The number of rotatable bonds is 8. The molecule has 0 aliphatic heterocycles. The third kappa shape index (κ3) is 5.80. The standard InChI is InChI=1S/C24H28N4O2/c1-17(2)23(29)27-22-15-28(16-25-22)21-13-11-20(12-14-21)24(30)26-18(3)9-10-19-7-5-4-6-8-19/h4-8,11-18H,9-10H2,1-3H3,(H,26,30)(H,27,29). The second kappa shape index (κ2) is 9.87. The Morgan fingerprint density at radius 1 is 1.00 bits per heavy atom. The van der Waals surface area contributed by atoms with Crippen LogP contribution in [0.1, 0.15) is 43.1 Å². The molecule has 0 aliphatic rings. The number of benzene rings is 2. The highest BCUT2D eigenvalue weighted by Crippen LogP contribution is 2.14. The Morgan fingerprint density at radius 2 is 1.70 bits per heavy atom. The molecule has 0 radical (unpaired) electrons. The molecule has 0 bridgehead atoms. The Balaban J connectivity index is 1.55. The van der Waals surface area contributed by atoms with Gasteiger partial charge in [0.1, 0.15) is 6.33 Å². The van der Waals surface area contributed by atoms with Crippen LogP contribution in [0.25, 0.3) is 5.69 Å². The maximum atomic E-state index is 12.5. The normalized spacial score (nSPS) is 11.9. The van der Waals surface area contributed by atoms with Crippen molar-refractivity contribution in [2.75, 3.05) is 5.32 Å². The van der Waals surface area contributed by atoms with E-state index in [-0.39, 0.29) is 23.8 Å². The van der Waals surface area contributed by atoms with E-state index >= 15 is 0 Å². The van der Waals surface area contributed by atoms with Gasteiger partial charge in [-0.05, 0) is 49.6 Å². The number of nitrogens with one attached hydrogen (secondary N) is 2. The van der Waals surface area contributed by atoms with Crippen molar-refractivity contribution < 1.29 is 9.59 Å². The van der Waals surface area contributed by atoms with E-state index in [0.717, 1.165) is 18.5 Å². The molecule has 0 saturated carbocycles. The van der Waals surface area contributed by atoms with Gasteiger partial charge in [-0.25, -0.2) is 4.98 Å². The molecular formula is C24H28N4O2. The molecule has 1 unspecified atom stereocenters. The highest BCUT2D eigenvalue weighted by Gasteiger charge is 2.12. The average Bonchev–Trinajstić information content (AvgIpc) is 3.21. The van der Waals surface area contributed by atoms with Crippen molar-refractivity contribution in [3.8, 4) is 5.69 Å². The molecule has 1 atom stereocenters.